The predicted molar refractivity (Wildman–Crippen MR) is 72.0 cm³/mol. The molecule has 0 N–H and O–H groups in total. The van der Waals surface area contributed by atoms with Crippen LogP contribution in [0.15, 0.2) is 24.3 Å². The van der Waals surface area contributed by atoms with E-state index in [0.29, 0.717) is 6.08 Å². The minimum Gasteiger partial charge on any atom is -0.417 e. The van der Waals surface area contributed by atoms with Crippen molar-refractivity contribution in [2.45, 2.75) is 6.92 Å². The van der Waals surface area contributed by atoms with Crippen molar-refractivity contribution in [2.75, 3.05) is 0 Å². The highest BCUT2D eigenvalue weighted by Crippen LogP contribution is 2.29. The average molecular weight is 346 g/mol. The number of carbonyl (C=O) groups is 1. The Labute approximate surface area is 132 Å². The topological polar surface area (TPSA) is 26.3 Å². The zero-order valence-corrected chi connectivity index (χ0v) is 12.0. The van der Waals surface area contributed by atoms with Crippen LogP contribution in [0.25, 0.3) is 6.08 Å². The Hall–Kier alpha value is -2.77. The normalized spacial score (nSPS) is 11.1. The number of carbonyl (C=O) groups excluding carboxylic acids is 1. The van der Waals surface area contributed by atoms with Gasteiger partial charge in [0.15, 0.2) is 29.1 Å². The Bertz CT molecular complexity index is 816. The van der Waals surface area contributed by atoms with Crippen molar-refractivity contribution in [2.24, 2.45) is 0 Å². The lowest BCUT2D eigenvalue weighted by molar-refractivity contribution is -0.129. The molecule has 0 aliphatic heterocycles. The molecule has 0 heterocycles. The maximum Gasteiger partial charge on any atom is 0.336 e. The molecular weight excluding hydrogens is 338 g/mol. The first-order valence-corrected chi connectivity index (χ1v) is 6.39. The first-order chi connectivity index (χ1) is 11.2. The summed E-state index contributed by atoms with van der Waals surface area (Å²) in [5.74, 6) is -12.3. The van der Waals surface area contributed by atoms with Crippen LogP contribution in [0.5, 0.6) is 5.75 Å². The van der Waals surface area contributed by atoms with Gasteiger partial charge in [-0.1, -0.05) is 6.07 Å². The molecule has 0 aromatic heterocycles. The number of rotatable bonds is 3. The Balaban J connectivity index is 2.24. The third-order valence-electron chi connectivity index (χ3n) is 3.00. The lowest BCUT2D eigenvalue weighted by atomic mass is 10.2. The fraction of sp³-hybridized carbons (Fsp3) is 0.0625. The fourth-order valence-electron chi connectivity index (χ4n) is 1.73. The van der Waals surface area contributed by atoms with Crippen LogP contribution in [0.3, 0.4) is 0 Å². The van der Waals surface area contributed by atoms with Crippen LogP contribution < -0.4 is 4.74 Å². The Morgan fingerprint density at radius 2 is 1.58 bits per heavy atom. The van der Waals surface area contributed by atoms with E-state index in [0.717, 1.165) is 31.2 Å². The maximum atomic E-state index is 13.7. The summed E-state index contributed by atoms with van der Waals surface area (Å²) >= 11 is 0. The molecular formula is C16H8F6O2. The number of esters is 1. The highest BCUT2D eigenvalue weighted by atomic mass is 19.2. The molecule has 0 aliphatic carbocycles. The van der Waals surface area contributed by atoms with Crippen molar-refractivity contribution in [1.29, 1.82) is 0 Å². The second kappa shape index (κ2) is 6.77. The van der Waals surface area contributed by atoms with Crippen molar-refractivity contribution in [3.05, 3.63) is 70.3 Å². The van der Waals surface area contributed by atoms with Gasteiger partial charge in [0.1, 0.15) is 0 Å². The average Bonchev–Trinajstić information content (AvgIpc) is 2.56. The van der Waals surface area contributed by atoms with Crippen molar-refractivity contribution >= 4 is 12.0 Å². The number of halogens is 6. The van der Waals surface area contributed by atoms with Gasteiger partial charge in [-0.15, -0.1) is 0 Å². The van der Waals surface area contributed by atoms with E-state index in [1.54, 1.807) is 0 Å². The zero-order valence-electron chi connectivity index (χ0n) is 12.0. The first-order valence-electron chi connectivity index (χ1n) is 6.39. The predicted octanol–water partition coefficient (Wildman–Crippen LogP) is 4.45. The summed E-state index contributed by atoms with van der Waals surface area (Å²) < 4.78 is 83.5. The van der Waals surface area contributed by atoms with Crippen LogP contribution in [0.2, 0.25) is 0 Å². The Morgan fingerprint density at radius 3 is 2.21 bits per heavy atom. The van der Waals surface area contributed by atoms with Crippen LogP contribution in [0, 0.1) is 41.8 Å². The summed E-state index contributed by atoms with van der Waals surface area (Å²) in [5, 5.41) is 0. The van der Waals surface area contributed by atoms with Crippen molar-refractivity contribution in [1.82, 2.24) is 0 Å². The molecule has 2 aromatic rings. The van der Waals surface area contributed by atoms with Crippen LogP contribution in [0.4, 0.5) is 26.3 Å². The van der Waals surface area contributed by atoms with Gasteiger partial charge in [0.25, 0.3) is 0 Å². The number of benzene rings is 2. The molecule has 24 heavy (non-hydrogen) atoms. The standard InChI is InChI=1S/C16H8F6O2/c1-7-12(19)14(21)15(22)16(13(7)20)24-11(23)5-3-8-2-4-9(17)10(18)6-8/h2-6H,1H3/b5-3+. The molecule has 0 bridgehead atoms. The lowest BCUT2D eigenvalue weighted by Crippen LogP contribution is -2.10. The van der Waals surface area contributed by atoms with E-state index >= 15 is 0 Å². The largest absolute Gasteiger partial charge is 0.417 e. The van der Waals surface area contributed by atoms with Crippen LogP contribution in [-0.4, -0.2) is 5.97 Å². The van der Waals surface area contributed by atoms with Gasteiger partial charge < -0.3 is 4.74 Å². The molecule has 2 nitrogen and oxygen atoms in total. The van der Waals surface area contributed by atoms with Crippen molar-refractivity contribution in [3.63, 3.8) is 0 Å². The lowest BCUT2D eigenvalue weighted by Gasteiger charge is -2.08. The van der Waals surface area contributed by atoms with Crippen molar-refractivity contribution < 1.29 is 35.9 Å². The fourth-order valence-corrected chi connectivity index (χ4v) is 1.73. The molecule has 0 atom stereocenters. The van der Waals surface area contributed by atoms with Gasteiger partial charge in [-0.2, -0.15) is 4.39 Å². The molecule has 8 heteroatoms. The third-order valence-corrected chi connectivity index (χ3v) is 3.00. The maximum absolute atomic E-state index is 13.7. The van der Waals surface area contributed by atoms with E-state index in [1.807, 2.05) is 0 Å². The molecule has 2 aromatic carbocycles. The molecule has 0 saturated carbocycles. The van der Waals surface area contributed by atoms with E-state index < -0.39 is 52.2 Å². The van der Waals surface area contributed by atoms with E-state index in [1.165, 1.54) is 0 Å². The van der Waals surface area contributed by atoms with Gasteiger partial charge in [-0.05, 0) is 30.7 Å². The molecule has 0 fully saturated rings. The molecule has 126 valence electrons. The summed E-state index contributed by atoms with van der Waals surface area (Å²) in [5.41, 5.74) is -0.797. The van der Waals surface area contributed by atoms with Gasteiger partial charge in [0.2, 0.25) is 11.6 Å². The molecule has 0 spiro atoms. The van der Waals surface area contributed by atoms with Gasteiger partial charge in [0.05, 0.1) is 0 Å². The van der Waals surface area contributed by atoms with Crippen LogP contribution in [0.1, 0.15) is 11.1 Å². The monoisotopic (exact) mass is 346 g/mol. The summed E-state index contributed by atoms with van der Waals surface area (Å²) in [6.07, 6.45) is 1.63. The molecule has 0 radical (unpaired) electrons. The zero-order chi connectivity index (χ0) is 18.0. The van der Waals surface area contributed by atoms with E-state index in [2.05, 4.69) is 4.74 Å². The molecule has 0 unspecified atom stereocenters. The van der Waals surface area contributed by atoms with Gasteiger partial charge in [-0.25, -0.2) is 26.7 Å². The van der Waals surface area contributed by atoms with E-state index in [9.17, 15) is 31.1 Å². The smallest absolute Gasteiger partial charge is 0.336 e. The van der Waals surface area contributed by atoms with Gasteiger partial charge in [-0.3, -0.25) is 0 Å². The number of hydrogen-bond donors (Lipinski definition) is 0. The molecule has 0 aliphatic rings. The van der Waals surface area contributed by atoms with E-state index in [-0.39, 0.29) is 5.56 Å². The number of ether oxygens (including phenoxy) is 1. The van der Waals surface area contributed by atoms with Crippen LogP contribution in [-0.2, 0) is 4.79 Å². The first kappa shape index (κ1) is 17.6. The summed E-state index contributed by atoms with van der Waals surface area (Å²) in [4.78, 5) is 11.5. The van der Waals surface area contributed by atoms with Gasteiger partial charge >= 0.3 is 5.97 Å². The second-order valence-corrected chi connectivity index (χ2v) is 4.64. The summed E-state index contributed by atoms with van der Waals surface area (Å²) in [6.45, 7) is 0.835. The highest BCUT2D eigenvalue weighted by molar-refractivity contribution is 5.88. The highest BCUT2D eigenvalue weighted by Gasteiger charge is 2.25. The second-order valence-electron chi connectivity index (χ2n) is 4.64. The summed E-state index contributed by atoms with van der Waals surface area (Å²) in [6, 6.07) is 2.70. The molecule has 2 rings (SSSR count). The quantitative estimate of drug-likeness (QED) is 0.205. The minimum absolute atomic E-state index is 0.0632. The van der Waals surface area contributed by atoms with Crippen molar-refractivity contribution in [3.8, 4) is 5.75 Å². The third kappa shape index (κ3) is 3.42. The summed E-state index contributed by atoms with van der Waals surface area (Å²) in [7, 11) is 0. The molecule has 0 saturated heterocycles. The van der Waals surface area contributed by atoms with Crippen LogP contribution >= 0.6 is 0 Å². The Kier molecular flexibility index (Phi) is 4.96. The number of hydrogen-bond acceptors (Lipinski definition) is 2. The van der Waals surface area contributed by atoms with Gasteiger partial charge in [0, 0.05) is 11.6 Å². The molecule has 0 amide bonds. The Morgan fingerprint density at radius 1 is 0.917 bits per heavy atom. The minimum atomic E-state index is -2.00. The SMILES string of the molecule is Cc1c(F)c(F)c(F)c(OC(=O)/C=C/c2ccc(F)c(F)c2)c1F. The van der Waals surface area contributed by atoms with E-state index in [4.69, 9.17) is 0 Å².